The Labute approximate surface area is 86.9 Å². The van der Waals surface area contributed by atoms with Crippen molar-refractivity contribution < 1.29 is 4.79 Å². The monoisotopic (exact) mass is 192 g/mol. The largest absolute Gasteiger partial charge is 0.295 e. The first-order chi connectivity index (χ1) is 6.56. The molecule has 3 unspecified atom stereocenters. The molecule has 1 heteroatoms. The zero-order valence-electron chi connectivity index (χ0n) is 9.58. The summed E-state index contributed by atoms with van der Waals surface area (Å²) in [4.78, 5) is 11.8. The molecule has 14 heavy (non-hydrogen) atoms. The standard InChI is InChI=1S/C13H20O/c1-5-6-13(14)12-8-9(2)7-10(3)11(12)4/h5-7,9,11-12H,8H2,1-4H3/b6-5+. The fourth-order valence-electron chi connectivity index (χ4n) is 2.24. The van der Waals surface area contributed by atoms with Crippen LogP contribution in [0, 0.1) is 17.8 Å². The van der Waals surface area contributed by atoms with Crippen LogP contribution in [0.3, 0.4) is 0 Å². The van der Waals surface area contributed by atoms with Crippen LogP contribution >= 0.6 is 0 Å². The summed E-state index contributed by atoms with van der Waals surface area (Å²) in [6.07, 6.45) is 6.85. The molecule has 0 heterocycles. The van der Waals surface area contributed by atoms with Crippen molar-refractivity contribution in [2.45, 2.75) is 34.1 Å². The van der Waals surface area contributed by atoms with E-state index >= 15 is 0 Å². The molecule has 0 saturated carbocycles. The molecule has 0 N–H and O–H groups in total. The van der Waals surface area contributed by atoms with Gasteiger partial charge in [-0.15, -0.1) is 0 Å². The highest BCUT2D eigenvalue weighted by molar-refractivity contribution is 5.92. The van der Waals surface area contributed by atoms with Crippen LogP contribution in [0.5, 0.6) is 0 Å². The second kappa shape index (κ2) is 4.59. The maximum absolute atomic E-state index is 11.8. The molecule has 0 aliphatic heterocycles. The van der Waals surface area contributed by atoms with E-state index in [9.17, 15) is 4.79 Å². The first kappa shape index (κ1) is 11.2. The number of carbonyl (C=O) groups is 1. The topological polar surface area (TPSA) is 17.1 Å². The van der Waals surface area contributed by atoms with Crippen molar-refractivity contribution in [3.63, 3.8) is 0 Å². The predicted molar refractivity (Wildman–Crippen MR) is 60.0 cm³/mol. The van der Waals surface area contributed by atoms with E-state index in [0.29, 0.717) is 17.6 Å². The lowest BCUT2D eigenvalue weighted by Crippen LogP contribution is -2.26. The van der Waals surface area contributed by atoms with Crippen LogP contribution in [0.25, 0.3) is 0 Å². The van der Waals surface area contributed by atoms with E-state index in [0.717, 1.165) is 6.42 Å². The number of hydrogen-bond donors (Lipinski definition) is 0. The number of carbonyl (C=O) groups excluding carboxylic acids is 1. The SMILES string of the molecule is C/C=C/C(=O)C1CC(C)C=C(C)C1C. The Morgan fingerprint density at radius 3 is 2.71 bits per heavy atom. The Balaban J connectivity index is 2.81. The van der Waals surface area contributed by atoms with E-state index in [4.69, 9.17) is 0 Å². The van der Waals surface area contributed by atoms with Gasteiger partial charge in [-0.2, -0.15) is 0 Å². The van der Waals surface area contributed by atoms with Crippen LogP contribution in [-0.4, -0.2) is 5.78 Å². The van der Waals surface area contributed by atoms with Crippen molar-refractivity contribution in [2.24, 2.45) is 17.8 Å². The zero-order chi connectivity index (χ0) is 10.7. The molecule has 0 bridgehead atoms. The first-order valence-corrected chi connectivity index (χ1v) is 5.41. The number of rotatable bonds is 2. The molecular formula is C13H20O. The van der Waals surface area contributed by atoms with Crippen LogP contribution in [0.4, 0.5) is 0 Å². The third-order valence-corrected chi connectivity index (χ3v) is 3.19. The highest BCUT2D eigenvalue weighted by Crippen LogP contribution is 2.33. The average molecular weight is 192 g/mol. The lowest BCUT2D eigenvalue weighted by molar-refractivity contribution is -0.119. The summed E-state index contributed by atoms with van der Waals surface area (Å²) in [6, 6.07) is 0. The molecule has 0 amide bonds. The van der Waals surface area contributed by atoms with Gasteiger partial charge in [0, 0.05) is 5.92 Å². The summed E-state index contributed by atoms with van der Waals surface area (Å²) in [6.45, 7) is 8.38. The van der Waals surface area contributed by atoms with Crippen LogP contribution in [0.15, 0.2) is 23.8 Å². The molecule has 1 nitrogen and oxygen atoms in total. The summed E-state index contributed by atoms with van der Waals surface area (Å²) in [5.41, 5.74) is 1.37. The van der Waals surface area contributed by atoms with Crippen molar-refractivity contribution in [3.8, 4) is 0 Å². The van der Waals surface area contributed by atoms with Gasteiger partial charge in [0.15, 0.2) is 5.78 Å². The summed E-state index contributed by atoms with van der Waals surface area (Å²) < 4.78 is 0. The lowest BCUT2D eigenvalue weighted by Gasteiger charge is -2.29. The summed E-state index contributed by atoms with van der Waals surface area (Å²) in [5.74, 6) is 1.45. The van der Waals surface area contributed by atoms with Gasteiger partial charge in [-0.05, 0) is 38.2 Å². The van der Waals surface area contributed by atoms with Crippen molar-refractivity contribution in [3.05, 3.63) is 23.8 Å². The van der Waals surface area contributed by atoms with Gasteiger partial charge < -0.3 is 0 Å². The highest BCUT2D eigenvalue weighted by Gasteiger charge is 2.29. The van der Waals surface area contributed by atoms with Crippen LogP contribution < -0.4 is 0 Å². The quantitative estimate of drug-likeness (QED) is 0.484. The van der Waals surface area contributed by atoms with Crippen LogP contribution in [-0.2, 0) is 4.79 Å². The Hall–Kier alpha value is -0.850. The number of allylic oxidation sites excluding steroid dienone is 4. The molecular weight excluding hydrogens is 172 g/mol. The molecule has 0 aromatic rings. The fourth-order valence-corrected chi connectivity index (χ4v) is 2.24. The minimum Gasteiger partial charge on any atom is -0.295 e. The van der Waals surface area contributed by atoms with Crippen LogP contribution in [0.2, 0.25) is 0 Å². The van der Waals surface area contributed by atoms with Crippen molar-refractivity contribution >= 4 is 5.78 Å². The van der Waals surface area contributed by atoms with Gasteiger partial charge in [-0.1, -0.05) is 31.6 Å². The number of ketones is 1. The van der Waals surface area contributed by atoms with E-state index < -0.39 is 0 Å². The zero-order valence-corrected chi connectivity index (χ0v) is 9.58. The molecule has 0 fully saturated rings. The molecule has 1 rings (SSSR count). The maximum Gasteiger partial charge on any atom is 0.159 e. The average Bonchev–Trinajstić information content (AvgIpc) is 2.11. The molecule has 0 radical (unpaired) electrons. The molecule has 1 aliphatic carbocycles. The lowest BCUT2D eigenvalue weighted by atomic mass is 9.74. The Kier molecular flexibility index (Phi) is 3.68. The molecule has 0 aromatic carbocycles. The molecule has 0 saturated heterocycles. The summed E-state index contributed by atoms with van der Waals surface area (Å²) >= 11 is 0. The Morgan fingerprint density at radius 1 is 1.50 bits per heavy atom. The van der Waals surface area contributed by atoms with Gasteiger partial charge in [-0.25, -0.2) is 0 Å². The smallest absolute Gasteiger partial charge is 0.159 e. The number of hydrogen-bond acceptors (Lipinski definition) is 1. The van der Waals surface area contributed by atoms with Crippen molar-refractivity contribution in [1.82, 2.24) is 0 Å². The predicted octanol–water partition coefficient (Wildman–Crippen LogP) is 3.37. The molecule has 0 spiro atoms. The summed E-state index contributed by atoms with van der Waals surface area (Å²) in [5, 5.41) is 0. The van der Waals surface area contributed by atoms with Crippen molar-refractivity contribution in [1.29, 1.82) is 0 Å². The Morgan fingerprint density at radius 2 is 2.14 bits per heavy atom. The van der Waals surface area contributed by atoms with E-state index in [1.165, 1.54) is 5.57 Å². The van der Waals surface area contributed by atoms with E-state index in [1.54, 1.807) is 6.08 Å². The van der Waals surface area contributed by atoms with Gasteiger partial charge >= 0.3 is 0 Å². The third-order valence-electron chi connectivity index (χ3n) is 3.19. The van der Waals surface area contributed by atoms with Gasteiger partial charge in [0.1, 0.15) is 0 Å². The minimum atomic E-state index is 0.200. The maximum atomic E-state index is 11.8. The second-order valence-electron chi connectivity index (χ2n) is 4.42. The van der Waals surface area contributed by atoms with E-state index in [1.807, 2.05) is 13.0 Å². The van der Waals surface area contributed by atoms with Gasteiger partial charge in [-0.3, -0.25) is 4.79 Å². The normalized spacial score (nSPS) is 33.1. The van der Waals surface area contributed by atoms with Crippen LogP contribution in [0.1, 0.15) is 34.1 Å². The first-order valence-electron chi connectivity index (χ1n) is 5.41. The molecule has 3 atom stereocenters. The molecule has 78 valence electrons. The fraction of sp³-hybridized carbons (Fsp3) is 0.615. The molecule has 1 aliphatic rings. The third kappa shape index (κ3) is 2.34. The van der Waals surface area contributed by atoms with Gasteiger partial charge in [0.05, 0.1) is 0 Å². The van der Waals surface area contributed by atoms with E-state index in [-0.39, 0.29) is 5.92 Å². The second-order valence-corrected chi connectivity index (χ2v) is 4.42. The van der Waals surface area contributed by atoms with Gasteiger partial charge in [0.2, 0.25) is 0 Å². The van der Waals surface area contributed by atoms with E-state index in [2.05, 4.69) is 26.8 Å². The molecule has 0 aromatic heterocycles. The van der Waals surface area contributed by atoms with Gasteiger partial charge in [0.25, 0.3) is 0 Å². The van der Waals surface area contributed by atoms with Crippen molar-refractivity contribution in [2.75, 3.05) is 0 Å². The minimum absolute atomic E-state index is 0.200. The highest BCUT2D eigenvalue weighted by atomic mass is 16.1. The Bertz CT molecular complexity index is 273. The summed E-state index contributed by atoms with van der Waals surface area (Å²) in [7, 11) is 0.